The summed E-state index contributed by atoms with van der Waals surface area (Å²) in [5.74, 6) is -1.00. The Morgan fingerprint density at radius 2 is 1.67 bits per heavy atom. The summed E-state index contributed by atoms with van der Waals surface area (Å²) in [6.45, 7) is 13.4. The minimum atomic E-state index is -3.56. The Labute approximate surface area is 216 Å². The molecule has 2 aromatic carbocycles. The maximum absolute atomic E-state index is 11.8. The Balaban J connectivity index is 2.22. The van der Waals surface area contributed by atoms with Crippen molar-refractivity contribution in [1.29, 1.82) is 0 Å². The number of phenols is 1. The van der Waals surface area contributed by atoms with Crippen molar-refractivity contribution in [2.45, 2.75) is 70.8 Å². The Morgan fingerprint density at radius 1 is 1.08 bits per heavy atom. The fraction of sp³-hybridized carbons (Fsp3) is 0.500. The number of hydrogen-bond acceptors (Lipinski definition) is 6. The lowest BCUT2D eigenvalue weighted by Gasteiger charge is -2.40. The molecule has 0 aliphatic rings. The minimum Gasteiger partial charge on any atom is -0.506 e. The summed E-state index contributed by atoms with van der Waals surface area (Å²) in [6, 6.07) is 12.5. The van der Waals surface area contributed by atoms with Crippen LogP contribution in [0.5, 0.6) is 5.75 Å². The lowest BCUT2D eigenvalue weighted by Crippen LogP contribution is -2.44. The van der Waals surface area contributed by atoms with E-state index in [1.807, 2.05) is 24.3 Å². The first kappa shape index (κ1) is 29.8. The van der Waals surface area contributed by atoms with Crippen LogP contribution in [0.15, 0.2) is 42.5 Å². The molecule has 2 aromatic rings. The van der Waals surface area contributed by atoms with Gasteiger partial charge < -0.3 is 20.0 Å². The number of aromatic hydroxyl groups is 1. The summed E-state index contributed by atoms with van der Waals surface area (Å²) in [7, 11) is -5.74. The highest BCUT2D eigenvalue weighted by Crippen LogP contribution is 2.40. The maximum Gasteiger partial charge on any atom is 0.307 e. The predicted molar refractivity (Wildman–Crippen MR) is 147 cm³/mol. The monoisotopic (exact) mass is 536 g/mol. The highest BCUT2D eigenvalue weighted by atomic mass is 32.2. The number of phenolic OH excluding ortho intramolecular Hbond substituents is 1. The van der Waals surface area contributed by atoms with Crippen molar-refractivity contribution in [3.8, 4) is 5.75 Å². The van der Waals surface area contributed by atoms with E-state index in [9.17, 15) is 18.3 Å². The van der Waals surface area contributed by atoms with Crippen LogP contribution in [0, 0.1) is 0 Å². The topological polar surface area (TPSA) is 125 Å². The Kier molecular flexibility index (Phi) is 9.75. The van der Waals surface area contributed by atoms with E-state index in [2.05, 4.69) is 50.8 Å². The van der Waals surface area contributed by atoms with Crippen LogP contribution < -0.4 is 10.0 Å². The zero-order chi connectivity index (χ0) is 27.3. The van der Waals surface area contributed by atoms with Gasteiger partial charge in [-0.25, -0.2) is 8.42 Å². The minimum absolute atomic E-state index is 0.00333. The van der Waals surface area contributed by atoms with Gasteiger partial charge in [-0.3, -0.25) is 9.52 Å². The van der Waals surface area contributed by atoms with Crippen molar-refractivity contribution in [2.24, 2.45) is 0 Å². The van der Waals surface area contributed by atoms with E-state index in [0.29, 0.717) is 6.54 Å². The van der Waals surface area contributed by atoms with Gasteiger partial charge in [0.15, 0.2) is 8.32 Å². The van der Waals surface area contributed by atoms with Gasteiger partial charge >= 0.3 is 5.97 Å². The highest BCUT2D eigenvalue weighted by molar-refractivity contribution is 7.92. The summed E-state index contributed by atoms with van der Waals surface area (Å²) < 4.78 is 32.6. The number of hydrogen-bond donors (Lipinski definition) is 4. The van der Waals surface area contributed by atoms with Crippen molar-refractivity contribution < 1.29 is 27.9 Å². The molecular weight excluding hydrogens is 496 g/mol. The molecular formula is C26H40N2O6SSi. The first-order valence-electron chi connectivity index (χ1n) is 12.0. The molecule has 200 valence electrons. The molecule has 10 heteroatoms. The first-order chi connectivity index (χ1) is 16.5. The molecule has 0 saturated heterocycles. The van der Waals surface area contributed by atoms with Gasteiger partial charge in [0.1, 0.15) is 5.75 Å². The number of sulfonamides is 1. The van der Waals surface area contributed by atoms with Crippen LogP contribution in [0.4, 0.5) is 5.69 Å². The van der Waals surface area contributed by atoms with Gasteiger partial charge in [0.2, 0.25) is 10.0 Å². The Bertz CT molecular complexity index is 1140. The van der Waals surface area contributed by atoms with Crippen LogP contribution in [0.2, 0.25) is 18.1 Å². The van der Waals surface area contributed by atoms with Crippen molar-refractivity contribution in [2.75, 3.05) is 17.5 Å². The molecule has 0 aliphatic heterocycles. The molecule has 2 rings (SSSR count). The van der Waals surface area contributed by atoms with Crippen molar-refractivity contribution in [1.82, 2.24) is 5.32 Å². The predicted octanol–water partition coefficient (Wildman–Crippen LogP) is 4.67. The third kappa shape index (κ3) is 9.23. The van der Waals surface area contributed by atoms with Gasteiger partial charge in [0.05, 0.1) is 24.5 Å². The molecule has 0 heterocycles. The second-order valence-corrected chi connectivity index (χ2v) is 17.4. The Hall–Kier alpha value is -2.40. The molecule has 0 bridgehead atoms. The fourth-order valence-corrected chi connectivity index (χ4v) is 5.34. The molecule has 0 saturated carbocycles. The third-order valence-electron chi connectivity index (χ3n) is 6.50. The van der Waals surface area contributed by atoms with Gasteiger partial charge in [-0.05, 0) is 60.3 Å². The van der Waals surface area contributed by atoms with Gasteiger partial charge in [-0.2, -0.15) is 0 Å². The lowest BCUT2D eigenvalue weighted by molar-refractivity contribution is -0.136. The molecule has 36 heavy (non-hydrogen) atoms. The summed E-state index contributed by atoms with van der Waals surface area (Å²) in [6.07, 6.45) is 1.44. The van der Waals surface area contributed by atoms with E-state index in [-0.39, 0.29) is 35.0 Å². The largest absolute Gasteiger partial charge is 0.506 e. The number of benzene rings is 2. The van der Waals surface area contributed by atoms with Crippen molar-refractivity contribution in [3.63, 3.8) is 0 Å². The van der Waals surface area contributed by atoms with Gasteiger partial charge in [-0.1, -0.05) is 51.1 Å². The van der Waals surface area contributed by atoms with Crippen LogP contribution in [0.1, 0.15) is 50.5 Å². The summed E-state index contributed by atoms with van der Waals surface area (Å²) >= 11 is 0. The standard InChI is InChI=1S/C26H40N2O6SSi/c1-18(14-19-8-10-20(11-9-19)15-25(30)31)27-17-24(34-36(6,7)26(2,3)4)21-12-13-23(29)22(16-21)28-35(5,32)33/h8-13,16,18,24,27-29H,14-15,17H2,1-7H3,(H,30,31)/t18-,24+/m1/s1. The van der Waals surface area contributed by atoms with E-state index in [1.165, 1.54) is 6.07 Å². The molecule has 0 amide bonds. The average molecular weight is 537 g/mol. The van der Waals surface area contributed by atoms with Gasteiger partial charge in [0.25, 0.3) is 0 Å². The number of rotatable bonds is 12. The number of carboxylic acid groups (broad SMARTS) is 1. The zero-order valence-corrected chi connectivity index (χ0v) is 24.1. The van der Waals surface area contributed by atoms with E-state index >= 15 is 0 Å². The third-order valence-corrected chi connectivity index (χ3v) is 11.6. The smallest absolute Gasteiger partial charge is 0.307 e. The summed E-state index contributed by atoms with van der Waals surface area (Å²) in [5.41, 5.74) is 2.74. The van der Waals surface area contributed by atoms with Crippen molar-refractivity contribution in [3.05, 3.63) is 59.2 Å². The van der Waals surface area contributed by atoms with E-state index in [4.69, 9.17) is 9.53 Å². The zero-order valence-electron chi connectivity index (χ0n) is 22.3. The van der Waals surface area contributed by atoms with Crippen LogP contribution in [-0.2, 0) is 32.1 Å². The SMILES string of the molecule is C[C@H](Cc1ccc(CC(=O)O)cc1)NC[C@H](O[Si](C)(C)C(C)(C)C)c1ccc(O)c(NS(C)(=O)=O)c1. The summed E-state index contributed by atoms with van der Waals surface area (Å²) in [4.78, 5) is 10.9. The number of anilines is 1. The second kappa shape index (κ2) is 11.8. The van der Waals surface area contributed by atoms with Crippen LogP contribution in [0.3, 0.4) is 0 Å². The number of nitrogens with one attached hydrogen (secondary N) is 2. The average Bonchev–Trinajstić information content (AvgIpc) is 2.72. The van der Waals surface area contributed by atoms with Gasteiger partial charge in [0, 0.05) is 12.6 Å². The molecule has 0 fully saturated rings. The van der Waals surface area contributed by atoms with E-state index in [0.717, 1.165) is 29.4 Å². The highest BCUT2D eigenvalue weighted by Gasteiger charge is 2.39. The maximum atomic E-state index is 11.8. The molecule has 8 nitrogen and oxygen atoms in total. The van der Waals surface area contributed by atoms with E-state index < -0.39 is 24.3 Å². The Morgan fingerprint density at radius 3 is 2.19 bits per heavy atom. The molecule has 0 radical (unpaired) electrons. The van der Waals surface area contributed by atoms with Crippen molar-refractivity contribution >= 4 is 30.0 Å². The molecule has 0 aliphatic carbocycles. The molecule has 2 atom stereocenters. The molecule has 0 aromatic heterocycles. The lowest BCUT2D eigenvalue weighted by atomic mass is 10.0. The second-order valence-electron chi connectivity index (χ2n) is 10.9. The summed E-state index contributed by atoms with van der Waals surface area (Å²) in [5, 5.41) is 22.6. The van der Waals surface area contributed by atoms with E-state index in [1.54, 1.807) is 12.1 Å². The first-order valence-corrected chi connectivity index (χ1v) is 16.8. The number of carbonyl (C=O) groups is 1. The normalized spacial score (nSPS) is 14.3. The molecule has 4 N–H and O–H groups in total. The van der Waals surface area contributed by atoms with Crippen LogP contribution >= 0.6 is 0 Å². The van der Waals surface area contributed by atoms with Crippen LogP contribution in [0.25, 0.3) is 0 Å². The van der Waals surface area contributed by atoms with Crippen LogP contribution in [-0.4, -0.2) is 51.8 Å². The number of aliphatic carboxylic acids is 1. The molecule has 0 unspecified atom stereocenters. The molecule has 0 spiro atoms. The van der Waals surface area contributed by atoms with Gasteiger partial charge in [-0.15, -0.1) is 0 Å². The fourth-order valence-electron chi connectivity index (χ4n) is 3.50. The number of carboxylic acids is 1. The quantitative estimate of drug-likeness (QED) is 0.229.